The van der Waals surface area contributed by atoms with E-state index in [1.165, 1.54) is 24.0 Å². The average Bonchev–Trinajstić information content (AvgIpc) is 3.02. The summed E-state index contributed by atoms with van der Waals surface area (Å²) in [5.74, 6) is 0. The number of nitroso groups, excluding NO2 is 1. The second-order valence-electron chi connectivity index (χ2n) is 5.90. The Balaban J connectivity index is 1.66. The van der Waals surface area contributed by atoms with Crippen molar-refractivity contribution in [3.05, 3.63) is 69.8 Å². The molecule has 122 valence electrons. The van der Waals surface area contributed by atoms with E-state index in [-0.39, 0.29) is 6.04 Å². The van der Waals surface area contributed by atoms with E-state index in [1.807, 2.05) is 24.3 Å². The molecule has 2 aliphatic heterocycles. The molecule has 1 unspecified atom stereocenters. The molecule has 6 nitrogen and oxygen atoms in total. The molecule has 3 aliphatic rings. The SMILES string of the molecule is CON(N=O)c1ccc(C2NCCC3=C2N=C2CC=CC=C23)cc1. The highest BCUT2D eigenvalue weighted by molar-refractivity contribution is 6.09. The normalized spacial score (nSPS) is 21.8. The van der Waals surface area contributed by atoms with E-state index in [0.29, 0.717) is 5.69 Å². The fourth-order valence-electron chi connectivity index (χ4n) is 3.48. The lowest BCUT2D eigenvalue weighted by molar-refractivity contribution is 0.168. The molecule has 0 spiro atoms. The van der Waals surface area contributed by atoms with Gasteiger partial charge >= 0.3 is 0 Å². The van der Waals surface area contributed by atoms with Crippen LogP contribution in [-0.4, -0.2) is 19.4 Å². The highest BCUT2D eigenvalue weighted by Gasteiger charge is 2.32. The van der Waals surface area contributed by atoms with Gasteiger partial charge in [-0.3, -0.25) is 9.83 Å². The van der Waals surface area contributed by atoms with E-state index in [1.54, 1.807) is 0 Å². The Hall–Kier alpha value is -2.57. The molecule has 0 radical (unpaired) electrons. The minimum Gasteiger partial charge on any atom is -0.305 e. The average molecular weight is 322 g/mol. The smallest absolute Gasteiger partial charge is 0.0934 e. The summed E-state index contributed by atoms with van der Waals surface area (Å²) in [5.41, 5.74) is 6.66. The number of anilines is 1. The summed E-state index contributed by atoms with van der Waals surface area (Å²) in [6, 6.07) is 7.69. The molecule has 0 fully saturated rings. The van der Waals surface area contributed by atoms with Crippen molar-refractivity contribution >= 4 is 11.4 Å². The van der Waals surface area contributed by atoms with Crippen LogP contribution in [0.2, 0.25) is 0 Å². The Morgan fingerprint density at radius 1 is 1.33 bits per heavy atom. The molecule has 24 heavy (non-hydrogen) atoms. The van der Waals surface area contributed by atoms with Gasteiger partial charge in [0.05, 0.1) is 35.5 Å². The summed E-state index contributed by atoms with van der Waals surface area (Å²) in [7, 11) is 1.41. The third-order valence-corrected chi connectivity index (χ3v) is 4.60. The Labute approximate surface area is 140 Å². The first-order chi connectivity index (χ1) is 11.8. The van der Waals surface area contributed by atoms with Crippen molar-refractivity contribution < 1.29 is 4.84 Å². The zero-order valence-electron chi connectivity index (χ0n) is 13.4. The summed E-state index contributed by atoms with van der Waals surface area (Å²) in [5, 5.41) is 7.32. The molecule has 1 aromatic rings. The van der Waals surface area contributed by atoms with Crippen LogP contribution in [0.5, 0.6) is 0 Å². The van der Waals surface area contributed by atoms with Gasteiger partial charge in [0.15, 0.2) is 0 Å². The van der Waals surface area contributed by atoms with E-state index in [2.05, 4.69) is 28.8 Å². The van der Waals surface area contributed by atoms with Crippen molar-refractivity contribution in [1.82, 2.24) is 5.32 Å². The number of nitrogens with one attached hydrogen (secondary N) is 1. The van der Waals surface area contributed by atoms with E-state index >= 15 is 0 Å². The minimum absolute atomic E-state index is 0.0713. The summed E-state index contributed by atoms with van der Waals surface area (Å²) in [4.78, 5) is 20.5. The van der Waals surface area contributed by atoms with Crippen molar-refractivity contribution in [2.75, 3.05) is 18.8 Å². The lowest BCUT2D eigenvalue weighted by Crippen LogP contribution is -2.28. The van der Waals surface area contributed by atoms with E-state index < -0.39 is 0 Å². The number of hydrogen-bond acceptors (Lipinski definition) is 5. The highest BCUT2D eigenvalue weighted by Crippen LogP contribution is 2.40. The molecule has 6 heteroatoms. The molecular formula is C18H18N4O2. The highest BCUT2D eigenvalue weighted by atomic mass is 16.7. The summed E-state index contributed by atoms with van der Waals surface area (Å²) in [6.45, 7) is 0.926. The van der Waals surface area contributed by atoms with Crippen LogP contribution in [0.15, 0.2) is 69.6 Å². The summed E-state index contributed by atoms with van der Waals surface area (Å²) >= 11 is 0. The standard InChI is InChI=1S/C18H18N4O2/c1-24-22(21-23)13-8-6-12(7-9-13)17-18-15(10-11-19-17)14-4-2-3-5-16(14)20-18/h2-4,6-9,17,19H,5,10-11H2,1H3. The van der Waals surface area contributed by atoms with Gasteiger partial charge in [-0.05, 0) is 29.7 Å². The van der Waals surface area contributed by atoms with E-state index in [4.69, 9.17) is 9.83 Å². The number of allylic oxidation sites excluding steroid dienone is 4. The van der Waals surface area contributed by atoms with Crippen LogP contribution in [0.1, 0.15) is 24.4 Å². The Morgan fingerprint density at radius 3 is 2.92 bits per heavy atom. The topological polar surface area (TPSA) is 66.3 Å². The largest absolute Gasteiger partial charge is 0.305 e. The van der Waals surface area contributed by atoms with Gasteiger partial charge in [0.2, 0.25) is 0 Å². The van der Waals surface area contributed by atoms with Crippen LogP contribution in [-0.2, 0) is 4.84 Å². The van der Waals surface area contributed by atoms with Gasteiger partial charge < -0.3 is 5.32 Å². The van der Waals surface area contributed by atoms with Crippen molar-refractivity contribution in [2.24, 2.45) is 10.3 Å². The summed E-state index contributed by atoms with van der Waals surface area (Å²) < 4.78 is 0. The molecule has 0 aromatic heterocycles. The van der Waals surface area contributed by atoms with Crippen molar-refractivity contribution in [3.63, 3.8) is 0 Å². The van der Waals surface area contributed by atoms with Crippen molar-refractivity contribution in [2.45, 2.75) is 18.9 Å². The van der Waals surface area contributed by atoms with Crippen molar-refractivity contribution in [1.29, 1.82) is 0 Å². The zero-order valence-corrected chi connectivity index (χ0v) is 13.4. The lowest BCUT2D eigenvalue weighted by Gasteiger charge is -2.26. The first-order valence-electron chi connectivity index (χ1n) is 8.01. The van der Waals surface area contributed by atoms with Crippen molar-refractivity contribution in [3.8, 4) is 0 Å². The quantitative estimate of drug-likeness (QED) is 0.682. The number of rotatable bonds is 4. The number of fused-ring (bicyclic) bond motifs is 2. The predicted molar refractivity (Wildman–Crippen MR) is 93.4 cm³/mol. The third-order valence-electron chi connectivity index (χ3n) is 4.60. The molecule has 2 heterocycles. The first kappa shape index (κ1) is 15.0. The van der Waals surface area contributed by atoms with Gasteiger partial charge in [-0.1, -0.05) is 30.4 Å². The van der Waals surface area contributed by atoms with Crippen LogP contribution in [0, 0.1) is 4.91 Å². The van der Waals surface area contributed by atoms with E-state index in [0.717, 1.165) is 35.8 Å². The Bertz CT molecular complexity index is 790. The number of aliphatic imine (C=N–C) groups is 1. The Morgan fingerprint density at radius 2 is 2.17 bits per heavy atom. The minimum atomic E-state index is 0.0713. The van der Waals surface area contributed by atoms with Gasteiger partial charge in [-0.15, -0.1) is 10.1 Å². The molecule has 0 amide bonds. The molecule has 1 aromatic carbocycles. The van der Waals surface area contributed by atoms with Crippen LogP contribution >= 0.6 is 0 Å². The number of hydrogen-bond donors (Lipinski definition) is 1. The van der Waals surface area contributed by atoms with Crippen LogP contribution in [0.25, 0.3) is 0 Å². The van der Waals surface area contributed by atoms with Gasteiger partial charge in [0.1, 0.15) is 0 Å². The fraction of sp³-hybridized carbons (Fsp3) is 0.278. The van der Waals surface area contributed by atoms with Gasteiger partial charge in [0.25, 0.3) is 0 Å². The number of benzene rings is 1. The second kappa shape index (κ2) is 6.14. The van der Waals surface area contributed by atoms with Crippen LogP contribution in [0.4, 0.5) is 5.69 Å². The fourth-order valence-corrected chi connectivity index (χ4v) is 3.48. The molecule has 0 saturated heterocycles. The summed E-state index contributed by atoms with van der Waals surface area (Å²) in [6.07, 6.45) is 8.33. The van der Waals surface area contributed by atoms with Gasteiger partial charge in [-0.2, -0.15) is 0 Å². The first-order valence-corrected chi connectivity index (χ1v) is 8.01. The third kappa shape index (κ3) is 2.40. The monoisotopic (exact) mass is 322 g/mol. The Kier molecular flexibility index (Phi) is 3.84. The lowest BCUT2D eigenvalue weighted by atomic mass is 9.89. The van der Waals surface area contributed by atoms with E-state index in [9.17, 15) is 4.91 Å². The molecule has 4 rings (SSSR count). The number of nitrogens with zero attached hydrogens (tertiary/aromatic N) is 3. The van der Waals surface area contributed by atoms with Gasteiger partial charge in [-0.25, -0.2) is 0 Å². The molecule has 1 aliphatic carbocycles. The second-order valence-corrected chi connectivity index (χ2v) is 5.90. The molecular weight excluding hydrogens is 304 g/mol. The zero-order chi connectivity index (χ0) is 16.5. The van der Waals surface area contributed by atoms with Gasteiger partial charge in [0, 0.05) is 18.5 Å². The maximum Gasteiger partial charge on any atom is 0.0934 e. The molecule has 0 saturated carbocycles. The molecule has 1 N–H and O–H groups in total. The maximum atomic E-state index is 10.7. The van der Waals surface area contributed by atoms with Crippen LogP contribution < -0.4 is 10.5 Å². The predicted octanol–water partition coefficient (Wildman–Crippen LogP) is 3.37. The van der Waals surface area contributed by atoms with Crippen LogP contribution in [0.3, 0.4) is 0 Å². The molecule has 0 bridgehead atoms. The molecule has 1 atom stereocenters. The maximum absolute atomic E-state index is 10.7.